The van der Waals surface area contributed by atoms with Crippen molar-refractivity contribution in [2.45, 2.75) is 33.1 Å². The minimum atomic E-state index is -0.454. The smallest absolute Gasteiger partial charge is 0.310 e. The number of esters is 1. The highest BCUT2D eigenvalue weighted by atomic mass is 16.5. The number of anilines is 1. The first-order valence-corrected chi connectivity index (χ1v) is 10.6. The third-order valence-corrected chi connectivity index (χ3v) is 6.77. The molecule has 1 N–H and O–H groups in total. The van der Waals surface area contributed by atoms with Crippen LogP contribution in [0.15, 0.2) is 48.5 Å². The topological polar surface area (TPSA) is 72.5 Å². The molecule has 5 nitrogen and oxygen atoms in total. The van der Waals surface area contributed by atoms with E-state index in [4.69, 9.17) is 4.74 Å². The Morgan fingerprint density at radius 3 is 2.37 bits per heavy atom. The van der Waals surface area contributed by atoms with Gasteiger partial charge in [0.05, 0.1) is 5.92 Å². The van der Waals surface area contributed by atoms with Crippen molar-refractivity contribution in [2.24, 2.45) is 23.7 Å². The second kappa shape index (κ2) is 8.42. The van der Waals surface area contributed by atoms with Crippen LogP contribution in [0.4, 0.5) is 5.69 Å². The van der Waals surface area contributed by atoms with Crippen molar-refractivity contribution < 1.29 is 19.1 Å². The molecule has 0 heterocycles. The number of fused-ring (bicyclic) bond motifs is 2. The van der Waals surface area contributed by atoms with Crippen LogP contribution in [-0.4, -0.2) is 24.3 Å². The minimum absolute atomic E-state index is 0.0181. The maximum absolute atomic E-state index is 13.1. The number of rotatable bonds is 6. The molecule has 0 radical (unpaired) electrons. The van der Waals surface area contributed by atoms with E-state index in [1.165, 1.54) is 0 Å². The molecule has 2 fully saturated rings. The molecule has 2 aromatic carbocycles. The van der Waals surface area contributed by atoms with Crippen LogP contribution in [0, 0.1) is 37.5 Å². The Morgan fingerprint density at radius 2 is 1.63 bits per heavy atom. The zero-order valence-electron chi connectivity index (χ0n) is 17.4. The monoisotopic (exact) mass is 405 g/mol. The van der Waals surface area contributed by atoms with Crippen LogP contribution < -0.4 is 5.32 Å². The molecule has 0 saturated heterocycles. The van der Waals surface area contributed by atoms with Crippen LogP contribution in [0.3, 0.4) is 0 Å². The Hall–Kier alpha value is -2.95. The van der Waals surface area contributed by atoms with Crippen LogP contribution >= 0.6 is 0 Å². The van der Waals surface area contributed by atoms with Crippen LogP contribution in [0.5, 0.6) is 0 Å². The van der Waals surface area contributed by atoms with Gasteiger partial charge in [-0.1, -0.05) is 42.5 Å². The fraction of sp³-hybridized carbons (Fsp3) is 0.400. The Labute approximate surface area is 176 Å². The van der Waals surface area contributed by atoms with E-state index < -0.39 is 11.9 Å². The Bertz CT molecular complexity index is 968. The molecule has 4 rings (SSSR count). The van der Waals surface area contributed by atoms with E-state index >= 15 is 0 Å². The number of hydrogen-bond acceptors (Lipinski definition) is 4. The predicted molar refractivity (Wildman–Crippen MR) is 114 cm³/mol. The molecule has 0 unspecified atom stereocenters. The molecule has 2 saturated carbocycles. The number of aryl methyl sites for hydroxylation is 1. The maximum atomic E-state index is 13.1. The molecule has 1 amide bonds. The predicted octanol–water partition coefficient (Wildman–Crippen LogP) is 4.33. The highest BCUT2D eigenvalue weighted by Gasteiger charge is 2.54. The highest BCUT2D eigenvalue weighted by molar-refractivity contribution is 6.01. The van der Waals surface area contributed by atoms with Gasteiger partial charge in [-0.05, 0) is 62.1 Å². The van der Waals surface area contributed by atoms with Gasteiger partial charge in [0.1, 0.15) is 0 Å². The van der Waals surface area contributed by atoms with Crippen molar-refractivity contribution in [3.8, 4) is 0 Å². The standard InChI is InChI=1S/C25H27NO4/c1-15-7-6-10-20(16(15)2)26-21(27)14-30-25(29)23-19-12-11-18(13-19)22(23)24(28)17-8-4-3-5-9-17/h3-10,18-19,22-23H,11-14H2,1-2H3,(H,26,27)/t18-,19-,22+,23-/m1/s1. The van der Waals surface area contributed by atoms with Crippen molar-refractivity contribution >= 4 is 23.3 Å². The van der Waals surface area contributed by atoms with E-state index in [-0.39, 0.29) is 36.1 Å². The summed E-state index contributed by atoms with van der Waals surface area (Å²) in [5.74, 6) is -1.18. The highest BCUT2D eigenvalue weighted by Crippen LogP contribution is 2.53. The molecule has 2 bridgehead atoms. The molecule has 2 aliphatic rings. The number of carbonyl (C=O) groups is 3. The number of carbonyl (C=O) groups excluding carboxylic acids is 3. The van der Waals surface area contributed by atoms with E-state index in [9.17, 15) is 14.4 Å². The van der Waals surface area contributed by atoms with E-state index in [0.29, 0.717) is 11.3 Å². The lowest BCUT2D eigenvalue weighted by molar-refractivity contribution is -0.154. The first-order chi connectivity index (χ1) is 14.5. The van der Waals surface area contributed by atoms with Crippen LogP contribution in [0.2, 0.25) is 0 Å². The molecular formula is C25H27NO4. The van der Waals surface area contributed by atoms with Gasteiger partial charge in [-0.15, -0.1) is 0 Å². The van der Waals surface area contributed by atoms with Gasteiger partial charge >= 0.3 is 5.97 Å². The molecule has 2 aliphatic carbocycles. The quantitative estimate of drug-likeness (QED) is 0.573. The first kappa shape index (κ1) is 20.3. The maximum Gasteiger partial charge on any atom is 0.310 e. The van der Waals surface area contributed by atoms with Gasteiger partial charge in [0.15, 0.2) is 12.4 Å². The fourth-order valence-corrected chi connectivity index (χ4v) is 5.11. The summed E-state index contributed by atoms with van der Waals surface area (Å²) in [6, 6.07) is 14.8. The third kappa shape index (κ3) is 3.89. The van der Waals surface area contributed by atoms with E-state index in [1.54, 1.807) is 12.1 Å². The van der Waals surface area contributed by atoms with Crippen molar-refractivity contribution in [1.82, 2.24) is 0 Å². The molecule has 2 aromatic rings. The minimum Gasteiger partial charge on any atom is -0.455 e. The number of ether oxygens (including phenoxy) is 1. The van der Waals surface area contributed by atoms with Crippen LogP contribution in [-0.2, 0) is 14.3 Å². The molecule has 30 heavy (non-hydrogen) atoms. The Kier molecular flexibility index (Phi) is 5.71. The molecule has 0 spiro atoms. The lowest BCUT2D eigenvalue weighted by Gasteiger charge is -2.28. The third-order valence-electron chi connectivity index (χ3n) is 6.77. The number of Topliss-reactive ketones (excluding diaryl/α,β-unsaturated/α-hetero) is 1. The summed E-state index contributed by atoms with van der Waals surface area (Å²) in [5.41, 5.74) is 3.42. The average molecular weight is 405 g/mol. The largest absolute Gasteiger partial charge is 0.455 e. The second-order valence-electron chi connectivity index (χ2n) is 8.52. The number of amides is 1. The summed E-state index contributed by atoms with van der Waals surface area (Å²) in [7, 11) is 0. The number of hydrogen-bond donors (Lipinski definition) is 1. The van der Waals surface area contributed by atoms with E-state index in [2.05, 4.69) is 5.32 Å². The molecule has 0 aliphatic heterocycles. The van der Waals surface area contributed by atoms with E-state index in [1.807, 2.05) is 50.2 Å². The summed E-state index contributed by atoms with van der Waals surface area (Å²) in [6.45, 7) is 3.57. The number of nitrogens with one attached hydrogen (secondary N) is 1. The van der Waals surface area contributed by atoms with Crippen molar-refractivity contribution in [2.75, 3.05) is 11.9 Å². The second-order valence-corrected chi connectivity index (χ2v) is 8.52. The normalized spacial score (nSPS) is 24.5. The average Bonchev–Trinajstić information content (AvgIpc) is 3.37. The van der Waals surface area contributed by atoms with Crippen molar-refractivity contribution in [3.63, 3.8) is 0 Å². The van der Waals surface area contributed by atoms with E-state index in [0.717, 1.165) is 30.4 Å². The van der Waals surface area contributed by atoms with Crippen molar-refractivity contribution in [1.29, 1.82) is 0 Å². The van der Waals surface area contributed by atoms with Crippen LogP contribution in [0.1, 0.15) is 40.7 Å². The van der Waals surface area contributed by atoms with Gasteiger partial charge < -0.3 is 10.1 Å². The Morgan fingerprint density at radius 1 is 0.933 bits per heavy atom. The van der Waals surface area contributed by atoms with Gasteiger partial charge in [0.25, 0.3) is 5.91 Å². The SMILES string of the molecule is Cc1cccc(NC(=O)COC(=O)[C@@H]2[C@@H]3CC[C@H](C3)[C@@H]2C(=O)c2ccccc2)c1C. The van der Waals surface area contributed by atoms with Gasteiger partial charge in [0.2, 0.25) is 0 Å². The zero-order chi connectivity index (χ0) is 21.3. The van der Waals surface area contributed by atoms with Crippen LogP contribution in [0.25, 0.3) is 0 Å². The van der Waals surface area contributed by atoms with Crippen molar-refractivity contribution in [3.05, 3.63) is 65.2 Å². The summed E-state index contributed by atoms with van der Waals surface area (Å²) in [5, 5.41) is 2.81. The summed E-state index contributed by atoms with van der Waals surface area (Å²) < 4.78 is 5.40. The van der Waals surface area contributed by atoms with Gasteiger partial charge in [0, 0.05) is 17.2 Å². The molecule has 4 atom stereocenters. The zero-order valence-corrected chi connectivity index (χ0v) is 17.4. The lowest BCUT2D eigenvalue weighted by Crippen LogP contribution is -2.37. The number of benzene rings is 2. The fourth-order valence-electron chi connectivity index (χ4n) is 5.11. The van der Waals surface area contributed by atoms with Gasteiger partial charge in [-0.25, -0.2) is 0 Å². The van der Waals surface area contributed by atoms with Gasteiger partial charge in [-0.2, -0.15) is 0 Å². The molecule has 156 valence electrons. The summed E-state index contributed by atoms with van der Waals surface area (Å²) in [6.07, 6.45) is 2.81. The summed E-state index contributed by atoms with van der Waals surface area (Å²) >= 11 is 0. The lowest BCUT2D eigenvalue weighted by atomic mass is 9.75. The summed E-state index contributed by atoms with van der Waals surface area (Å²) in [4.78, 5) is 38.4. The number of ketones is 1. The molecule has 0 aromatic heterocycles. The van der Waals surface area contributed by atoms with Gasteiger partial charge in [-0.3, -0.25) is 14.4 Å². The first-order valence-electron chi connectivity index (χ1n) is 10.6. The molecular weight excluding hydrogens is 378 g/mol. The molecule has 5 heteroatoms. The Balaban J connectivity index is 1.41.